The number of amides is 1. The maximum Gasteiger partial charge on any atom is 0.261 e. The van der Waals surface area contributed by atoms with Crippen molar-refractivity contribution < 1.29 is 13.2 Å². The summed E-state index contributed by atoms with van der Waals surface area (Å²) >= 11 is 0. The number of rotatable bonds is 8. The largest absolute Gasteiger partial charge is 0.322 e. The van der Waals surface area contributed by atoms with Gasteiger partial charge < -0.3 is 10.2 Å². The fraction of sp³-hybridized carbons (Fsp3) is 0.174. The average Bonchev–Trinajstić information content (AvgIpc) is 2.74. The molecule has 156 valence electrons. The highest BCUT2D eigenvalue weighted by atomic mass is 32.2. The molecule has 0 fully saturated rings. The second-order valence-corrected chi connectivity index (χ2v) is 8.88. The lowest BCUT2D eigenvalue weighted by Gasteiger charge is -2.11. The van der Waals surface area contributed by atoms with Crippen LogP contribution in [0.1, 0.15) is 15.9 Å². The molecular formula is C23H25N3O3S. The number of carbonyl (C=O) groups is 1. The molecule has 0 saturated heterocycles. The smallest absolute Gasteiger partial charge is 0.261 e. The molecule has 0 spiro atoms. The molecule has 0 heterocycles. The van der Waals surface area contributed by atoms with Crippen LogP contribution in [0.15, 0.2) is 83.8 Å². The molecule has 0 atom stereocenters. The quantitative estimate of drug-likeness (QED) is 0.577. The van der Waals surface area contributed by atoms with Crippen LogP contribution in [0.2, 0.25) is 0 Å². The van der Waals surface area contributed by atoms with Gasteiger partial charge >= 0.3 is 0 Å². The van der Waals surface area contributed by atoms with Crippen LogP contribution in [0.3, 0.4) is 0 Å². The van der Waals surface area contributed by atoms with E-state index < -0.39 is 10.0 Å². The minimum Gasteiger partial charge on any atom is -0.322 e. The first kappa shape index (κ1) is 21.5. The van der Waals surface area contributed by atoms with Gasteiger partial charge in [0.15, 0.2) is 0 Å². The van der Waals surface area contributed by atoms with Crippen molar-refractivity contribution >= 4 is 27.3 Å². The summed E-state index contributed by atoms with van der Waals surface area (Å²) in [6.45, 7) is 0.964. The fourth-order valence-electron chi connectivity index (χ4n) is 2.81. The summed E-state index contributed by atoms with van der Waals surface area (Å²) in [5, 5.41) is 2.86. The molecule has 0 aliphatic heterocycles. The lowest BCUT2D eigenvalue weighted by atomic mass is 10.1. The van der Waals surface area contributed by atoms with Gasteiger partial charge in [0.25, 0.3) is 15.9 Å². The van der Waals surface area contributed by atoms with E-state index in [4.69, 9.17) is 0 Å². The first-order chi connectivity index (χ1) is 14.3. The van der Waals surface area contributed by atoms with Gasteiger partial charge in [-0.05, 0) is 74.6 Å². The lowest BCUT2D eigenvalue weighted by molar-refractivity contribution is 0.102. The summed E-state index contributed by atoms with van der Waals surface area (Å²) in [5.41, 5.74) is 2.74. The monoisotopic (exact) mass is 423 g/mol. The normalized spacial score (nSPS) is 11.3. The average molecular weight is 424 g/mol. The number of nitrogens with zero attached hydrogens (tertiary/aromatic N) is 1. The Bertz CT molecular complexity index is 1080. The van der Waals surface area contributed by atoms with E-state index in [2.05, 4.69) is 14.9 Å². The predicted molar refractivity (Wildman–Crippen MR) is 120 cm³/mol. The summed E-state index contributed by atoms with van der Waals surface area (Å²) in [7, 11) is 0.405. The van der Waals surface area contributed by atoms with E-state index >= 15 is 0 Å². The van der Waals surface area contributed by atoms with E-state index in [9.17, 15) is 13.2 Å². The zero-order valence-electron chi connectivity index (χ0n) is 17.0. The highest BCUT2D eigenvalue weighted by Crippen LogP contribution is 2.17. The minimum atomic E-state index is -3.66. The van der Waals surface area contributed by atoms with Crippen molar-refractivity contribution in [2.75, 3.05) is 30.7 Å². The Morgan fingerprint density at radius 3 is 2.03 bits per heavy atom. The van der Waals surface area contributed by atoms with E-state index in [1.807, 2.05) is 38.4 Å². The standard InChI is InChI=1S/C23H25N3O3S/c1-26(2)17-16-18-8-12-20(13-9-18)24-23(27)19-10-14-21(15-11-19)25-30(28,29)22-6-4-3-5-7-22/h3-15,25H,16-17H2,1-2H3,(H,24,27). The molecule has 1 amide bonds. The van der Waals surface area contributed by atoms with Gasteiger partial charge in [-0.1, -0.05) is 30.3 Å². The second kappa shape index (κ2) is 9.56. The van der Waals surface area contributed by atoms with Crippen LogP contribution in [-0.4, -0.2) is 39.9 Å². The van der Waals surface area contributed by atoms with Crippen LogP contribution in [0, 0.1) is 0 Å². The third-order valence-corrected chi connectivity index (χ3v) is 5.91. The topological polar surface area (TPSA) is 78.5 Å². The number of anilines is 2. The molecule has 0 bridgehead atoms. The Morgan fingerprint density at radius 1 is 0.833 bits per heavy atom. The van der Waals surface area contributed by atoms with Crippen LogP contribution in [0.25, 0.3) is 0 Å². The highest BCUT2D eigenvalue weighted by Gasteiger charge is 2.14. The molecule has 2 N–H and O–H groups in total. The third kappa shape index (κ3) is 5.92. The Balaban J connectivity index is 1.61. The summed E-state index contributed by atoms with van der Waals surface area (Å²) in [4.78, 5) is 14.8. The summed E-state index contributed by atoms with van der Waals surface area (Å²) in [6.07, 6.45) is 0.946. The molecule has 6 nitrogen and oxygen atoms in total. The molecule has 0 aliphatic rings. The van der Waals surface area contributed by atoms with Crippen molar-refractivity contribution in [2.24, 2.45) is 0 Å². The second-order valence-electron chi connectivity index (χ2n) is 7.20. The van der Waals surface area contributed by atoms with E-state index in [0.717, 1.165) is 13.0 Å². The van der Waals surface area contributed by atoms with Crippen molar-refractivity contribution in [1.29, 1.82) is 0 Å². The van der Waals surface area contributed by atoms with E-state index in [1.54, 1.807) is 42.5 Å². The van der Waals surface area contributed by atoms with Crippen LogP contribution in [-0.2, 0) is 16.4 Å². The van der Waals surface area contributed by atoms with Crippen LogP contribution >= 0.6 is 0 Å². The Hall–Kier alpha value is -3.16. The number of hydrogen-bond donors (Lipinski definition) is 2. The lowest BCUT2D eigenvalue weighted by Crippen LogP contribution is -2.15. The summed E-state index contributed by atoms with van der Waals surface area (Å²) < 4.78 is 27.3. The van der Waals surface area contributed by atoms with Gasteiger partial charge in [-0.2, -0.15) is 0 Å². The first-order valence-corrected chi connectivity index (χ1v) is 11.0. The number of hydrogen-bond acceptors (Lipinski definition) is 4. The predicted octanol–water partition coefficient (Wildman–Crippen LogP) is 3.84. The summed E-state index contributed by atoms with van der Waals surface area (Å²) in [6, 6.07) is 22.2. The van der Waals surface area contributed by atoms with Gasteiger partial charge in [-0.25, -0.2) is 8.42 Å². The highest BCUT2D eigenvalue weighted by molar-refractivity contribution is 7.92. The van der Waals surface area contributed by atoms with Crippen LogP contribution in [0.5, 0.6) is 0 Å². The molecule has 3 aromatic carbocycles. The molecule has 3 aromatic rings. The van der Waals surface area contributed by atoms with Crippen molar-refractivity contribution in [3.8, 4) is 0 Å². The van der Waals surface area contributed by atoms with Crippen LogP contribution in [0.4, 0.5) is 11.4 Å². The van der Waals surface area contributed by atoms with E-state index in [-0.39, 0.29) is 10.8 Å². The molecule has 0 saturated carbocycles. The molecule has 0 aliphatic carbocycles. The van der Waals surface area contributed by atoms with Crippen molar-refractivity contribution in [2.45, 2.75) is 11.3 Å². The Morgan fingerprint density at radius 2 is 1.43 bits per heavy atom. The zero-order chi connectivity index (χ0) is 21.6. The van der Waals surface area contributed by atoms with E-state index in [0.29, 0.717) is 16.9 Å². The van der Waals surface area contributed by atoms with Gasteiger partial charge in [-0.15, -0.1) is 0 Å². The van der Waals surface area contributed by atoms with Crippen molar-refractivity contribution in [1.82, 2.24) is 4.90 Å². The Labute approximate surface area is 177 Å². The first-order valence-electron chi connectivity index (χ1n) is 9.56. The van der Waals surface area contributed by atoms with Gasteiger partial charge in [0.1, 0.15) is 0 Å². The molecule has 7 heteroatoms. The minimum absolute atomic E-state index is 0.181. The van der Waals surface area contributed by atoms with Crippen LogP contribution < -0.4 is 10.0 Å². The molecule has 0 radical (unpaired) electrons. The van der Waals surface area contributed by atoms with Gasteiger partial charge in [0.05, 0.1) is 4.90 Å². The maximum atomic E-state index is 12.5. The van der Waals surface area contributed by atoms with Crippen molar-refractivity contribution in [3.05, 3.63) is 90.0 Å². The van der Waals surface area contributed by atoms with E-state index in [1.165, 1.54) is 17.7 Å². The molecule has 3 rings (SSSR count). The number of sulfonamides is 1. The van der Waals surface area contributed by atoms with Gasteiger partial charge in [-0.3, -0.25) is 9.52 Å². The number of nitrogens with one attached hydrogen (secondary N) is 2. The fourth-order valence-corrected chi connectivity index (χ4v) is 3.89. The SMILES string of the molecule is CN(C)CCc1ccc(NC(=O)c2ccc(NS(=O)(=O)c3ccccc3)cc2)cc1. The third-order valence-electron chi connectivity index (χ3n) is 4.51. The Kier molecular flexibility index (Phi) is 6.87. The molecular weight excluding hydrogens is 398 g/mol. The molecule has 0 aromatic heterocycles. The number of carbonyl (C=O) groups excluding carboxylic acids is 1. The number of likely N-dealkylation sites (N-methyl/N-ethyl adjacent to an activating group) is 1. The van der Waals surface area contributed by atoms with Gasteiger partial charge in [0, 0.05) is 23.5 Å². The summed E-state index contributed by atoms with van der Waals surface area (Å²) in [5.74, 6) is -0.256. The van der Waals surface area contributed by atoms with Gasteiger partial charge in [0.2, 0.25) is 0 Å². The maximum absolute atomic E-state index is 12.5. The number of benzene rings is 3. The molecule has 0 unspecified atom stereocenters. The zero-order valence-corrected chi connectivity index (χ0v) is 17.8. The van der Waals surface area contributed by atoms with Crippen molar-refractivity contribution in [3.63, 3.8) is 0 Å². The molecule has 30 heavy (non-hydrogen) atoms.